The van der Waals surface area contributed by atoms with Crippen LogP contribution in [0.2, 0.25) is 0 Å². The minimum absolute atomic E-state index is 0.186. The molecule has 9 heteroatoms. The Bertz CT molecular complexity index is 1310. The van der Waals surface area contributed by atoms with E-state index in [1.165, 1.54) is 18.0 Å². The normalized spacial score (nSPS) is 15.4. The van der Waals surface area contributed by atoms with Crippen LogP contribution in [0, 0.1) is 3.57 Å². The maximum atomic E-state index is 13.4. The minimum atomic E-state index is -1.06. The topological polar surface area (TPSA) is 103 Å². The van der Waals surface area contributed by atoms with Gasteiger partial charge in [-0.1, -0.05) is 31.4 Å². The van der Waals surface area contributed by atoms with E-state index in [0.29, 0.717) is 44.0 Å². The zero-order valence-electron chi connectivity index (χ0n) is 19.7. The number of fused-ring (bicyclic) bond motifs is 1. The van der Waals surface area contributed by atoms with E-state index in [2.05, 4.69) is 27.7 Å². The van der Waals surface area contributed by atoms with Crippen LogP contribution in [0.5, 0.6) is 11.5 Å². The van der Waals surface area contributed by atoms with E-state index >= 15 is 0 Å². The second-order valence-electron chi connectivity index (χ2n) is 8.54. The molecule has 1 aliphatic carbocycles. The van der Waals surface area contributed by atoms with Crippen molar-refractivity contribution in [1.29, 1.82) is 0 Å². The average Bonchev–Trinajstić information content (AvgIpc) is 2.86. The number of carboxylic acids is 1. The highest BCUT2D eigenvalue weighted by Crippen LogP contribution is 2.35. The number of benzene rings is 2. The molecule has 0 saturated heterocycles. The summed E-state index contributed by atoms with van der Waals surface area (Å²) >= 11 is 2.08. The summed E-state index contributed by atoms with van der Waals surface area (Å²) in [5.74, 6) is 0.606. The summed E-state index contributed by atoms with van der Waals surface area (Å²) in [5, 5.41) is 14.3. The van der Waals surface area contributed by atoms with Crippen LogP contribution in [0.4, 0.5) is 0 Å². The quantitative estimate of drug-likeness (QED) is 0.287. The van der Waals surface area contributed by atoms with Gasteiger partial charge in [0, 0.05) is 5.92 Å². The van der Waals surface area contributed by atoms with Gasteiger partial charge in [-0.3, -0.25) is 4.79 Å². The van der Waals surface area contributed by atoms with Crippen molar-refractivity contribution in [2.75, 3.05) is 6.61 Å². The molecule has 8 nitrogen and oxygen atoms in total. The van der Waals surface area contributed by atoms with Crippen LogP contribution in [0.25, 0.3) is 10.9 Å². The minimum Gasteiger partial charge on any atom is -0.490 e. The van der Waals surface area contributed by atoms with Crippen molar-refractivity contribution in [3.05, 3.63) is 61.7 Å². The van der Waals surface area contributed by atoms with Crippen LogP contribution in [0.3, 0.4) is 0 Å². The van der Waals surface area contributed by atoms with Crippen LogP contribution in [-0.2, 0) is 4.79 Å². The predicted molar refractivity (Wildman–Crippen MR) is 143 cm³/mol. The van der Waals surface area contributed by atoms with E-state index < -0.39 is 12.1 Å². The van der Waals surface area contributed by atoms with Crippen molar-refractivity contribution in [3.8, 4) is 11.5 Å². The Balaban J connectivity index is 1.76. The molecule has 0 bridgehead atoms. The molecule has 0 amide bonds. The Morgan fingerprint density at radius 1 is 1.29 bits per heavy atom. The summed E-state index contributed by atoms with van der Waals surface area (Å²) in [6.45, 7) is 3.69. The first-order valence-electron chi connectivity index (χ1n) is 11.8. The number of hydrogen-bond donors (Lipinski definition) is 1. The lowest BCUT2D eigenvalue weighted by Crippen LogP contribution is -2.25. The third-order valence-electron chi connectivity index (χ3n) is 6.05. The van der Waals surface area contributed by atoms with Crippen LogP contribution >= 0.6 is 22.6 Å². The van der Waals surface area contributed by atoms with Crippen molar-refractivity contribution in [1.82, 2.24) is 9.66 Å². The molecule has 3 aromatic rings. The Labute approximate surface area is 217 Å². The molecular weight excluding hydrogens is 561 g/mol. The molecule has 1 fully saturated rings. The monoisotopic (exact) mass is 589 g/mol. The smallest absolute Gasteiger partial charge is 0.344 e. The van der Waals surface area contributed by atoms with E-state index in [0.717, 1.165) is 25.7 Å². The van der Waals surface area contributed by atoms with Crippen LogP contribution in [0.15, 0.2) is 46.3 Å². The van der Waals surface area contributed by atoms with E-state index in [1.807, 2.05) is 31.2 Å². The Morgan fingerprint density at radius 3 is 2.74 bits per heavy atom. The van der Waals surface area contributed by atoms with E-state index in [-0.39, 0.29) is 11.5 Å². The molecule has 0 aliphatic heterocycles. The molecule has 0 radical (unpaired) electrons. The molecular formula is C26H28IN3O5. The lowest BCUT2D eigenvalue weighted by Gasteiger charge is -2.22. The van der Waals surface area contributed by atoms with Gasteiger partial charge in [0.1, 0.15) is 5.82 Å². The zero-order chi connectivity index (χ0) is 24.9. The number of nitrogens with zero attached hydrogens (tertiary/aromatic N) is 3. The maximum Gasteiger partial charge on any atom is 0.344 e. The van der Waals surface area contributed by atoms with Gasteiger partial charge in [-0.05, 0) is 79.1 Å². The van der Waals surface area contributed by atoms with E-state index in [9.17, 15) is 14.7 Å². The third kappa shape index (κ3) is 5.66. The molecule has 35 heavy (non-hydrogen) atoms. The first-order chi connectivity index (χ1) is 16.9. The Kier molecular flexibility index (Phi) is 8.04. The molecule has 1 aromatic heterocycles. The van der Waals surface area contributed by atoms with E-state index in [1.54, 1.807) is 18.3 Å². The van der Waals surface area contributed by atoms with Crippen molar-refractivity contribution in [2.24, 2.45) is 5.10 Å². The summed E-state index contributed by atoms with van der Waals surface area (Å²) in [6.07, 6.45) is 5.99. The van der Waals surface area contributed by atoms with Gasteiger partial charge in [0.2, 0.25) is 0 Å². The van der Waals surface area contributed by atoms with Gasteiger partial charge >= 0.3 is 5.97 Å². The zero-order valence-corrected chi connectivity index (χ0v) is 21.9. The first-order valence-corrected chi connectivity index (χ1v) is 12.9. The lowest BCUT2D eigenvalue weighted by atomic mass is 9.88. The fraction of sp³-hybridized carbons (Fsp3) is 0.385. The standard InChI is InChI=1S/C26H28IN3O5/c1-3-34-22-14-17(13-20(27)23(22)35-16(2)26(32)33)15-28-30-24(18-9-5-4-6-10-18)29-21-12-8-7-11-19(21)25(30)31/h7-8,11-16,18H,3-6,9-10H2,1-2H3,(H,32,33)/t16-/m0/s1. The summed E-state index contributed by atoms with van der Waals surface area (Å²) in [6, 6.07) is 10.9. The number of halogens is 1. The molecule has 1 atom stereocenters. The molecule has 4 rings (SSSR count). The fourth-order valence-electron chi connectivity index (χ4n) is 4.27. The summed E-state index contributed by atoms with van der Waals surface area (Å²) in [7, 11) is 0. The molecule has 1 heterocycles. The molecule has 2 aromatic carbocycles. The number of carboxylic acid groups (broad SMARTS) is 1. The van der Waals surface area contributed by atoms with Gasteiger partial charge in [0.25, 0.3) is 5.56 Å². The molecule has 1 N–H and O–H groups in total. The molecule has 0 unspecified atom stereocenters. The second-order valence-corrected chi connectivity index (χ2v) is 9.71. The largest absolute Gasteiger partial charge is 0.490 e. The number of ether oxygens (including phenoxy) is 2. The van der Waals surface area contributed by atoms with Crippen molar-refractivity contribution < 1.29 is 19.4 Å². The summed E-state index contributed by atoms with van der Waals surface area (Å²) in [4.78, 5) is 29.5. The van der Waals surface area contributed by atoms with Crippen molar-refractivity contribution in [3.63, 3.8) is 0 Å². The predicted octanol–water partition coefficient (Wildman–Crippen LogP) is 5.18. The van der Waals surface area contributed by atoms with Gasteiger partial charge in [0.15, 0.2) is 17.6 Å². The number of hydrogen-bond acceptors (Lipinski definition) is 6. The Morgan fingerprint density at radius 2 is 2.03 bits per heavy atom. The highest BCUT2D eigenvalue weighted by molar-refractivity contribution is 14.1. The van der Waals surface area contributed by atoms with Crippen LogP contribution in [-0.4, -0.2) is 39.7 Å². The number of rotatable bonds is 8. The Hall–Kier alpha value is -2.95. The number of para-hydroxylation sites is 1. The molecule has 0 spiro atoms. The number of carbonyl (C=O) groups is 1. The summed E-state index contributed by atoms with van der Waals surface area (Å²) in [5.41, 5.74) is 1.19. The molecule has 184 valence electrons. The van der Waals surface area contributed by atoms with Gasteiger partial charge in [-0.25, -0.2) is 9.78 Å². The number of aromatic nitrogens is 2. The maximum absolute atomic E-state index is 13.4. The second kappa shape index (κ2) is 11.2. The fourth-order valence-corrected chi connectivity index (χ4v) is 5.02. The van der Waals surface area contributed by atoms with Crippen molar-refractivity contribution in [2.45, 2.75) is 58.0 Å². The van der Waals surface area contributed by atoms with Gasteiger partial charge in [0.05, 0.1) is 27.3 Å². The highest BCUT2D eigenvalue weighted by atomic mass is 127. The lowest BCUT2D eigenvalue weighted by molar-refractivity contribution is -0.144. The average molecular weight is 589 g/mol. The summed E-state index contributed by atoms with van der Waals surface area (Å²) < 4.78 is 13.5. The van der Waals surface area contributed by atoms with Crippen molar-refractivity contribution >= 4 is 45.7 Å². The van der Waals surface area contributed by atoms with Crippen LogP contribution in [0.1, 0.15) is 63.3 Å². The molecule has 1 saturated carbocycles. The molecule has 1 aliphatic rings. The SMILES string of the molecule is CCOc1cc(C=Nn2c(C3CCCCC3)nc3ccccc3c2=O)cc(I)c1O[C@@H](C)C(=O)O. The van der Waals surface area contributed by atoms with Gasteiger partial charge < -0.3 is 14.6 Å². The highest BCUT2D eigenvalue weighted by Gasteiger charge is 2.23. The van der Waals surface area contributed by atoms with Gasteiger partial charge in [-0.15, -0.1) is 0 Å². The number of aliphatic carboxylic acids is 1. The first kappa shape index (κ1) is 25.2. The van der Waals surface area contributed by atoms with Crippen LogP contribution < -0.4 is 15.0 Å². The third-order valence-corrected chi connectivity index (χ3v) is 6.85. The van der Waals surface area contributed by atoms with Gasteiger partial charge in [-0.2, -0.15) is 9.78 Å². The van der Waals surface area contributed by atoms with E-state index in [4.69, 9.17) is 14.5 Å².